The second-order valence-corrected chi connectivity index (χ2v) is 9.36. The Morgan fingerprint density at radius 1 is 1.31 bits per heavy atom. The average Bonchev–Trinajstić information content (AvgIpc) is 3.33. The minimum atomic E-state index is -3.25. The molecule has 0 radical (unpaired) electrons. The molecule has 0 fully saturated rings. The van der Waals surface area contributed by atoms with Crippen LogP contribution in [0.1, 0.15) is 17.0 Å². The molecule has 0 spiro atoms. The maximum absolute atomic E-state index is 13.7. The summed E-state index contributed by atoms with van der Waals surface area (Å²) in [6.45, 7) is 0.548. The van der Waals surface area contributed by atoms with Gasteiger partial charge >= 0.3 is 0 Å². The van der Waals surface area contributed by atoms with Crippen molar-refractivity contribution in [1.82, 2.24) is 24.4 Å². The highest BCUT2D eigenvalue weighted by Crippen LogP contribution is 2.25. The van der Waals surface area contributed by atoms with Gasteiger partial charge in [0.1, 0.15) is 5.82 Å². The number of carbonyl (C=O) groups is 1. The van der Waals surface area contributed by atoms with Crippen LogP contribution < -0.4 is 5.32 Å². The molecule has 0 saturated carbocycles. The van der Waals surface area contributed by atoms with Crippen LogP contribution in [0, 0.1) is 5.82 Å². The van der Waals surface area contributed by atoms with Crippen LogP contribution in [0.3, 0.4) is 0 Å². The van der Waals surface area contributed by atoms with Gasteiger partial charge in [0, 0.05) is 20.1 Å². The van der Waals surface area contributed by atoms with Crippen LogP contribution in [0.2, 0.25) is 0 Å². The highest BCUT2D eigenvalue weighted by molar-refractivity contribution is 7.88. The fourth-order valence-corrected chi connectivity index (χ4v) is 3.67. The largest absolute Gasteiger partial charge is 0.349 e. The molecule has 11 heteroatoms. The van der Waals surface area contributed by atoms with Crippen molar-refractivity contribution < 1.29 is 17.6 Å². The summed E-state index contributed by atoms with van der Waals surface area (Å²) >= 11 is 1.43. The Hall–Kier alpha value is -2.63. The number of nitrogens with one attached hydrogen (secondary N) is 1. The van der Waals surface area contributed by atoms with E-state index in [0.29, 0.717) is 17.9 Å². The van der Waals surface area contributed by atoms with Crippen LogP contribution in [-0.4, -0.2) is 59.8 Å². The zero-order chi connectivity index (χ0) is 21.0. The lowest BCUT2D eigenvalue weighted by molar-refractivity contribution is 0.0942. The van der Waals surface area contributed by atoms with Gasteiger partial charge in [-0.1, -0.05) is 12.1 Å². The van der Waals surface area contributed by atoms with Gasteiger partial charge in [-0.25, -0.2) is 26.8 Å². The van der Waals surface area contributed by atoms with E-state index in [1.807, 2.05) is 17.5 Å². The molecule has 1 amide bonds. The topological polar surface area (TPSA) is 97.2 Å². The third-order valence-electron chi connectivity index (χ3n) is 4.11. The first-order valence-corrected chi connectivity index (χ1v) is 11.4. The Morgan fingerprint density at radius 2 is 2.10 bits per heavy atom. The van der Waals surface area contributed by atoms with Gasteiger partial charge in [0.2, 0.25) is 15.8 Å². The third kappa shape index (κ3) is 5.25. The number of sulfonamides is 1. The molecule has 1 N–H and O–H groups in total. The summed E-state index contributed by atoms with van der Waals surface area (Å²) in [5.41, 5.74) is 0.453. The smallest absolute Gasteiger partial charge is 0.290 e. The van der Waals surface area contributed by atoms with Crippen LogP contribution in [0.5, 0.6) is 0 Å². The molecule has 0 saturated heterocycles. The number of aromatic nitrogens is 3. The zero-order valence-corrected chi connectivity index (χ0v) is 17.5. The molecular formula is C18H20FN5O3S2. The van der Waals surface area contributed by atoms with Crippen molar-refractivity contribution in [2.45, 2.75) is 6.42 Å². The van der Waals surface area contributed by atoms with E-state index in [1.165, 1.54) is 39.5 Å². The van der Waals surface area contributed by atoms with Gasteiger partial charge < -0.3 is 5.32 Å². The van der Waals surface area contributed by atoms with E-state index in [-0.39, 0.29) is 18.9 Å². The second-order valence-electron chi connectivity index (χ2n) is 6.32. The lowest BCUT2D eigenvalue weighted by atomic mass is 10.3. The standard InChI is InChI=1S/C18H20FN5O3S2/c1-23(29(2,26)27)10-5-9-20-18(25)16-21-17(15-8-4-11-28-15)24(22-16)14-7-3-6-13(19)12-14/h3-4,6-8,11-12H,5,9-10H2,1-2H3,(H,20,25). The quantitative estimate of drug-likeness (QED) is 0.545. The van der Waals surface area contributed by atoms with E-state index in [9.17, 15) is 17.6 Å². The predicted octanol–water partition coefficient (Wildman–Crippen LogP) is 2.15. The molecule has 2 aromatic heterocycles. The number of thiophene rings is 1. The molecule has 1 aromatic carbocycles. The van der Waals surface area contributed by atoms with Crippen LogP contribution in [-0.2, 0) is 10.0 Å². The first kappa shape index (κ1) is 21.1. The van der Waals surface area contributed by atoms with Crippen LogP contribution in [0.25, 0.3) is 16.4 Å². The summed E-state index contributed by atoms with van der Waals surface area (Å²) in [5, 5.41) is 8.82. The number of carbonyl (C=O) groups excluding carboxylic acids is 1. The number of halogens is 1. The summed E-state index contributed by atoms with van der Waals surface area (Å²) in [7, 11) is -1.78. The molecule has 0 bridgehead atoms. The Kier molecular flexibility index (Phi) is 6.40. The number of hydrogen-bond donors (Lipinski definition) is 1. The zero-order valence-electron chi connectivity index (χ0n) is 15.9. The van der Waals surface area contributed by atoms with Crippen molar-refractivity contribution in [2.24, 2.45) is 0 Å². The molecule has 3 rings (SSSR count). The number of benzene rings is 1. The Morgan fingerprint density at radius 3 is 2.76 bits per heavy atom. The molecule has 0 atom stereocenters. The molecule has 3 aromatic rings. The lowest BCUT2D eigenvalue weighted by Gasteiger charge is -2.13. The van der Waals surface area contributed by atoms with Gasteiger partial charge in [-0.05, 0) is 36.1 Å². The van der Waals surface area contributed by atoms with Crippen molar-refractivity contribution in [2.75, 3.05) is 26.4 Å². The molecule has 0 aliphatic rings. The summed E-state index contributed by atoms with van der Waals surface area (Å²) in [5.74, 6) is -0.516. The predicted molar refractivity (Wildman–Crippen MR) is 109 cm³/mol. The second kappa shape index (κ2) is 8.80. The lowest BCUT2D eigenvalue weighted by Crippen LogP contribution is -2.31. The minimum absolute atomic E-state index is 0.0471. The van der Waals surface area contributed by atoms with Crippen molar-refractivity contribution in [3.05, 3.63) is 53.4 Å². The fraction of sp³-hybridized carbons (Fsp3) is 0.278. The number of nitrogens with zero attached hydrogens (tertiary/aromatic N) is 4. The van der Waals surface area contributed by atoms with Crippen molar-refractivity contribution >= 4 is 27.3 Å². The first-order valence-electron chi connectivity index (χ1n) is 8.72. The molecule has 0 unspecified atom stereocenters. The highest BCUT2D eigenvalue weighted by Gasteiger charge is 2.19. The monoisotopic (exact) mass is 437 g/mol. The van der Waals surface area contributed by atoms with Crippen molar-refractivity contribution in [3.8, 4) is 16.4 Å². The van der Waals surface area contributed by atoms with Crippen LogP contribution in [0.4, 0.5) is 4.39 Å². The fourth-order valence-electron chi connectivity index (χ4n) is 2.51. The van der Waals surface area contributed by atoms with E-state index in [0.717, 1.165) is 11.1 Å². The van der Waals surface area contributed by atoms with E-state index in [4.69, 9.17) is 0 Å². The summed E-state index contributed by atoms with van der Waals surface area (Å²) in [6, 6.07) is 9.57. The number of amides is 1. The van der Waals surface area contributed by atoms with Gasteiger partial charge in [0.05, 0.1) is 16.8 Å². The first-order chi connectivity index (χ1) is 13.8. The summed E-state index contributed by atoms with van der Waals surface area (Å²) in [6.07, 6.45) is 1.57. The molecular weight excluding hydrogens is 417 g/mol. The maximum Gasteiger partial charge on any atom is 0.290 e. The van der Waals surface area contributed by atoms with Gasteiger partial charge in [0.25, 0.3) is 5.91 Å². The van der Waals surface area contributed by atoms with E-state index >= 15 is 0 Å². The third-order valence-corrected chi connectivity index (χ3v) is 6.29. The SMILES string of the molecule is CN(CCCNC(=O)c1nc(-c2cccs2)n(-c2cccc(F)c2)n1)S(C)(=O)=O. The van der Waals surface area contributed by atoms with E-state index in [1.54, 1.807) is 12.1 Å². The molecule has 8 nitrogen and oxygen atoms in total. The molecule has 29 heavy (non-hydrogen) atoms. The molecule has 0 aliphatic heterocycles. The molecule has 2 heterocycles. The van der Waals surface area contributed by atoms with Crippen LogP contribution in [0.15, 0.2) is 41.8 Å². The van der Waals surface area contributed by atoms with Gasteiger partial charge in [-0.3, -0.25) is 4.79 Å². The highest BCUT2D eigenvalue weighted by atomic mass is 32.2. The Labute approximate surface area is 172 Å². The Bertz CT molecular complexity index is 1100. The van der Waals surface area contributed by atoms with Crippen molar-refractivity contribution in [1.29, 1.82) is 0 Å². The normalized spacial score (nSPS) is 11.7. The minimum Gasteiger partial charge on any atom is -0.349 e. The number of rotatable bonds is 8. The van der Waals surface area contributed by atoms with Gasteiger partial charge in [-0.2, -0.15) is 0 Å². The van der Waals surface area contributed by atoms with Crippen molar-refractivity contribution in [3.63, 3.8) is 0 Å². The Balaban J connectivity index is 1.76. The molecule has 0 aliphatic carbocycles. The molecule has 154 valence electrons. The van der Waals surface area contributed by atoms with E-state index in [2.05, 4.69) is 15.4 Å². The van der Waals surface area contributed by atoms with Gasteiger partial charge in [-0.15, -0.1) is 16.4 Å². The van der Waals surface area contributed by atoms with E-state index < -0.39 is 21.7 Å². The average molecular weight is 438 g/mol. The van der Waals surface area contributed by atoms with Gasteiger partial charge in [0.15, 0.2) is 5.82 Å². The van der Waals surface area contributed by atoms with Crippen LogP contribution >= 0.6 is 11.3 Å². The summed E-state index contributed by atoms with van der Waals surface area (Å²) in [4.78, 5) is 17.6. The summed E-state index contributed by atoms with van der Waals surface area (Å²) < 4.78 is 39.1. The maximum atomic E-state index is 13.7. The number of hydrogen-bond acceptors (Lipinski definition) is 6.